The highest BCUT2D eigenvalue weighted by Gasteiger charge is 2.80. The minimum atomic E-state index is -2.00. The predicted octanol–water partition coefficient (Wildman–Crippen LogP) is 0.417. The SMILES string of the molecule is CC(=O)OC[C@@]12[C@H]([C@H](OC(=O)c3ccccc3)C3(C(C)(C)O)C[C@H](O)C(C)=C3[C@@H](O)[C@@H]1O)[C@]1(OC(C)=O)CO[C@@H]1C[C@@H]2O. The number of aliphatic hydroxyl groups excluding tert-OH is 4. The number of carbonyl (C=O) groups excluding carboxylic acids is 3. The molecule has 5 rings (SSSR count). The summed E-state index contributed by atoms with van der Waals surface area (Å²) < 4.78 is 23.6. The van der Waals surface area contributed by atoms with Crippen molar-refractivity contribution in [2.75, 3.05) is 13.2 Å². The van der Waals surface area contributed by atoms with Gasteiger partial charge in [0.25, 0.3) is 0 Å². The van der Waals surface area contributed by atoms with Gasteiger partial charge in [-0.2, -0.15) is 0 Å². The fourth-order valence-corrected chi connectivity index (χ4v) is 8.31. The van der Waals surface area contributed by atoms with Crippen molar-refractivity contribution in [3.63, 3.8) is 0 Å². The molecule has 1 aromatic carbocycles. The highest BCUT2D eigenvalue weighted by molar-refractivity contribution is 5.89. The van der Waals surface area contributed by atoms with Crippen LogP contribution in [0.5, 0.6) is 0 Å². The van der Waals surface area contributed by atoms with Crippen LogP contribution in [-0.2, 0) is 28.5 Å². The van der Waals surface area contributed by atoms with E-state index in [-0.39, 0.29) is 36.2 Å². The fourth-order valence-electron chi connectivity index (χ4n) is 8.31. The second kappa shape index (κ2) is 10.6. The average Bonchev–Trinajstić information content (AvgIpc) is 3.17. The normalized spacial score (nSPS) is 40.3. The molecule has 5 N–H and O–H groups in total. The summed E-state index contributed by atoms with van der Waals surface area (Å²) in [6.45, 7) is 5.84. The van der Waals surface area contributed by atoms with E-state index in [1.165, 1.54) is 32.9 Å². The Morgan fingerprint density at radius 2 is 1.70 bits per heavy atom. The van der Waals surface area contributed by atoms with E-state index < -0.39 is 89.1 Å². The van der Waals surface area contributed by atoms with E-state index in [0.717, 1.165) is 6.92 Å². The molecule has 236 valence electrons. The summed E-state index contributed by atoms with van der Waals surface area (Å²) in [5.41, 5.74) is -6.86. The standard InChI is InChI=1S/C31H40O12/c1-15-19(34)12-30(28(4,5)39)22(15)23(36)25(37)29(13-40-16(2)32)20(35)11-21-31(14-41-21,43-17(3)33)24(29)26(30)42-27(38)18-9-7-6-8-10-18/h6-10,19-21,23-26,34-37,39H,11-14H2,1-5H3/t19-,20-,21+,23+,24-,25-,26-,29+,30?,31-/m0/s1. The summed E-state index contributed by atoms with van der Waals surface area (Å²) in [5.74, 6) is -3.73. The molecule has 3 aliphatic carbocycles. The molecule has 43 heavy (non-hydrogen) atoms. The van der Waals surface area contributed by atoms with Gasteiger partial charge in [-0.25, -0.2) is 4.79 Å². The zero-order valence-electron chi connectivity index (χ0n) is 24.9. The maximum absolute atomic E-state index is 13.9. The van der Waals surface area contributed by atoms with Crippen LogP contribution < -0.4 is 0 Å². The van der Waals surface area contributed by atoms with Gasteiger partial charge in [0.2, 0.25) is 0 Å². The van der Waals surface area contributed by atoms with Gasteiger partial charge in [-0.15, -0.1) is 0 Å². The lowest BCUT2D eigenvalue weighted by Crippen LogP contribution is -2.80. The van der Waals surface area contributed by atoms with Crippen LogP contribution in [-0.4, -0.2) is 104 Å². The number of rotatable bonds is 6. The quantitative estimate of drug-likeness (QED) is 0.171. The van der Waals surface area contributed by atoms with Crippen LogP contribution in [0.25, 0.3) is 0 Å². The van der Waals surface area contributed by atoms with Crippen molar-refractivity contribution in [3.05, 3.63) is 47.0 Å². The summed E-state index contributed by atoms with van der Waals surface area (Å²) in [4.78, 5) is 38.7. The van der Waals surface area contributed by atoms with E-state index in [1.807, 2.05) is 0 Å². The van der Waals surface area contributed by atoms with Gasteiger partial charge in [0.15, 0.2) is 5.60 Å². The van der Waals surface area contributed by atoms with Crippen molar-refractivity contribution >= 4 is 17.9 Å². The molecule has 3 fully saturated rings. The number of benzene rings is 1. The first-order valence-electron chi connectivity index (χ1n) is 14.4. The molecule has 1 unspecified atom stereocenters. The summed E-state index contributed by atoms with van der Waals surface area (Å²) in [5, 5.41) is 59.2. The zero-order valence-corrected chi connectivity index (χ0v) is 24.9. The van der Waals surface area contributed by atoms with E-state index in [0.29, 0.717) is 0 Å². The number of hydrogen-bond donors (Lipinski definition) is 5. The first-order chi connectivity index (χ1) is 20.0. The van der Waals surface area contributed by atoms with Crippen LogP contribution in [0.4, 0.5) is 0 Å². The lowest BCUT2D eigenvalue weighted by molar-refractivity contribution is -0.358. The number of hydrogen-bond acceptors (Lipinski definition) is 12. The molecular formula is C31H40O12. The van der Waals surface area contributed by atoms with E-state index in [2.05, 4.69) is 0 Å². The van der Waals surface area contributed by atoms with Crippen molar-refractivity contribution in [2.24, 2.45) is 16.7 Å². The Morgan fingerprint density at radius 3 is 2.23 bits per heavy atom. The van der Waals surface area contributed by atoms with Crippen molar-refractivity contribution in [2.45, 2.75) is 95.3 Å². The zero-order chi connectivity index (χ0) is 31.7. The van der Waals surface area contributed by atoms with Gasteiger partial charge in [0, 0.05) is 20.3 Å². The van der Waals surface area contributed by atoms with Gasteiger partial charge >= 0.3 is 17.9 Å². The molecule has 12 nitrogen and oxygen atoms in total. The maximum Gasteiger partial charge on any atom is 0.338 e. The number of esters is 3. The third-order valence-corrected chi connectivity index (χ3v) is 10.3. The second-order valence-corrected chi connectivity index (χ2v) is 12.9. The first kappa shape index (κ1) is 31.6. The van der Waals surface area contributed by atoms with Crippen molar-refractivity contribution in [3.8, 4) is 0 Å². The topological polar surface area (TPSA) is 189 Å². The predicted molar refractivity (Wildman–Crippen MR) is 147 cm³/mol. The monoisotopic (exact) mass is 604 g/mol. The molecule has 0 bridgehead atoms. The summed E-state index contributed by atoms with van der Waals surface area (Å²) in [7, 11) is 0. The van der Waals surface area contributed by atoms with Crippen LogP contribution in [0.1, 0.15) is 57.8 Å². The molecule has 0 aromatic heterocycles. The van der Waals surface area contributed by atoms with Gasteiger partial charge < -0.3 is 44.5 Å². The Labute approximate surface area is 249 Å². The molecule has 0 spiro atoms. The summed E-state index contributed by atoms with van der Waals surface area (Å²) in [6, 6.07) is 8.00. The molecule has 1 aromatic rings. The number of ether oxygens (including phenoxy) is 4. The third-order valence-electron chi connectivity index (χ3n) is 10.3. The minimum absolute atomic E-state index is 0.0319. The van der Waals surface area contributed by atoms with Crippen LogP contribution in [0.15, 0.2) is 41.5 Å². The van der Waals surface area contributed by atoms with E-state index in [9.17, 15) is 39.9 Å². The van der Waals surface area contributed by atoms with E-state index >= 15 is 0 Å². The lowest BCUT2D eigenvalue weighted by atomic mass is 9.49. The van der Waals surface area contributed by atoms with Crippen molar-refractivity contribution < 1.29 is 58.9 Å². The Bertz CT molecular complexity index is 1320. The van der Waals surface area contributed by atoms with Crippen molar-refractivity contribution in [1.29, 1.82) is 0 Å². The van der Waals surface area contributed by atoms with Gasteiger partial charge in [-0.05, 0) is 50.5 Å². The largest absolute Gasteiger partial charge is 0.465 e. The Balaban J connectivity index is 1.88. The number of fused-ring (bicyclic) bond motifs is 4. The second-order valence-electron chi connectivity index (χ2n) is 12.9. The molecule has 12 heteroatoms. The highest BCUT2D eigenvalue weighted by Crippen LogP contribution is 2.67. The molecule has 4 aliphatic rings. The molecule has 0 radical (unpaired) electrons. The molecule has 1 aliphatic heterocycles. The molecule has 1 saturated heterocycles. The van der Waals surface area contributed by atoms with Gasteiger partial charge in [-0.1, -0.05) is 18.2 Å². The molecule has 0 amide bonds. The van der Waals surface area contributed by atoms with Gasteiger partial charge in [0.05, 0.1) is 52.8 Å². The third kappa shape index (κ3) is 4.45. The van der Waals surface area contributed by atoms with Crippen LogP contribution >= 0.6 is 0 Å². The average molecular weight is 605 g/mol. The fraction of sp³-hybridized carbons (Fsp3) is 0.645. The van der Waals surface area contributed by atoms with Gasteiger partial charge in [0.1, 0.15) is 24.9 Å². The minimum Gasteiger partial charge on any atom is -0.465 e. The van der Waals surface area contributed by atoms with Crippen LogP contribution in [0.2, 0.25) is 0 Å². The Morgan fingerprint density at radius 1 is 1.05 bits per heavy atom. The highest BCUT2D eigenvalue weighted by atomic mass is 16.6. The Hall–Kier alpha value is -2.87. The first-order valence-corrected chi connectivity index (χ1v) is 14.4. The van der Waals surface area contributed by atoms with Crippen LogP contribution in [0.3, 0.4) is 0 Å². The van der Waals surface area contributed by atoms with Crippen molar-refractivity contribution in [1.82, 2.24) is 0 Å². The smallest absolute Gasteiger partial charge is 0.338 e. The maximum atomic E-state index is 13.9. The Kier molecular flexibility index (Phi) is 7.81. The molecule has 1 heterocycles. The van der Waals surface area contributed by atoms with Crippen LogP contribution in [0, 0.1) is 16.7 Å². The van der Waals surface area contributed by atoms with E-state index in [4.69, 9.17) is 18.9 Å². The number of carbonyl (C=O) groups is 3. The lowest BCUT2D eigenvalue weighted by Gasteiger charge is -2.65. The molecule has 10 atom stereocenters. The summed E-state index contributed by atoms with van der Waals surface area (Å²) >= 11 is 0. The molecular weight excluding hydrogens is 564 g/mol. The number of aliphatic hydroxyl groups is 5. The molecule has 2 saturated carbocycles. The van der Waals surface area contributed by atoms with Gasteiger partial charge in [-0.3, -0.25) is 9.59 Å². The summed E-state index contributed by atoms with van der Waals surface area (Å²) in [6.07, 6.45) is -9.39. The van der Waals surface area contributed by atoms with E-state index in [1.54, 1.807) is 25.1 Å².